The van der Waals surface area contributed by atoms with Crippen LogP contribution in [0.25, 0.3) is 0 Å². The van der Waals surface area contributed by atoms with Crippen LogP contribution in [-0.2, 0) is 19.9 Å². The zero-order valence-electron chi connectivity index (χ0n) is 9.55. The Morgan fingerprint density at radius 3 is 2.33 bits per heavy atom. The van der Waals surface area contributed by atoms with E-state index >= 15 is 0 Å². The molecule has 0 unspecified atom stereocenters. The first kappa shape index (κ1) is 15.0. The number of hydrogen-bond donors (Lipinski definition) is 2. The predicted octanol–water partition coefficient (Wildman–Crippen LogP) is -0.534. The monoisotopic (exact) mass is 296 g/mol. The number of nitrogens with two attached hydrogens (primary N) is 1. The minimum Gasteiger partial charge on any atom is -0.329 e. The fourth-order valence-electron chi connectivity index (χ4n) is 1.23. The minimum atomic E-state index is -3.87. The van der Waals surface area contributed by atoms with Crippen molar-refractivity contribution in [2.75, 3.05) is 19.3 Å². The average molecular weight is 296 g/mol. The van der Waals surface area contributed by atoms with Crippen LogP contribution in [0.4, 0.5) is 4.39 Å². The summed E-state index contributed by atoms with van der Waals surface area (Å²) in [4.78, 5) is -0.888. The SMILES string of the molecule is CS(=O)(=O)c1ccc(S(=O)(=O)NCCN)cc1F. The summed E-state index contributed by atoms with van der Waals surface area (Å²) in [6, 6.07) is 2.61. The molecule has 0 fully saturated rings. The van der Waals surface area contributed by atoms with Crippen molar-refractivity contribution in [3.8, 4) is 0 Å². The molecule has 0 heterocycles. The van der Waals surface area contributed by atoms with Crippen molar-refractivity contribution in [2.45, 2.75) is 9.79 Å². The van der Waals surface area contributed by atoms with Gasteiger partial charge in [-0.2, -0.15) is 0 Å². The molecule has 0 spiro atoms. The summed E-state index contributed by atoms with van der Waals surface area (Å²) >= 11 is 0. The van der Waals surface area contributed by atoms with Crippen LogP contribution >= 0.6 is 0 Å². The topological polar surface area (TPSA) is 106 Å². The number of sulfone groups is 1. The Hall–Kier alpha value is -1.03. The van der Waals surface area contributed by atoms with Crippen molar-refractivity contribution in [1.29, 1.82) is 0 Å². The largest absolute Gasteiger partial charge is 0.329 e. The second kappa shape index (κ2) is 5.31. The maximum Gasteiger partial charge on any atom is 0.240 e. The van der Waals surface area contributed by atoms with Crippen molar-refractivity contribution < 1.29 is 21.2 Å². The molecule has 9 heteroatoms. The van der Waals surface area contributed by atoms with Crippen molar-refractivity contribution in [3.05, 3.63) is 24.0 Å². The number of hydrogen-bond acceptors (Lipinski definition) is 5. The number of sulfonamides is 1. The molecule has 0 saturated heterocycles. The van der Waals surface area contributed by atoms with Gasteiger partial charge in [-0.3, -0.25) is 0 Å². The van der Waals surface area contributed by atoms with Crippen molar-refractivity contribution >= 4 is 19.9 Å². The van der Waals surface area contributed by atoms with E-state index in [9.17, 15) is 21.2 Å². The van der Waals surface area contributed by atoms with Gasteiger partial charge in [-0.05, 0) is 18.2 Å². The maximum absolute atomic E-state index is 13.5. The van der Waals surface area contributed by atoms with Crippen LogP contribution in [0, 0.1) is 5.82 Å². The standard InChI is InChI=1S/C9H13FN2O4S2/c1-17(13,14)9-3-2-7(6-8(9)10)18(15,16)12-5-4-11/h2-3,6,12H,4-5,11H2,1H3. The first-order valence-electron chi connectivity index (χ1n) is 4.88. The van der Waals surface area contributed by atoms with E-state index in [1.165, 1.54) is 0 Å². The van der Waals surface area contributed by atoms with E-state index in [4.69, 9.17) is 5.73 Å². The van der Waals surface area contributed by atoms with E-state index in [-0.39, 0.29) is 18.0 Å². The molecule has 3 N–H and O–H groups in total. The maximum atomic E-state index is 13.5. The van der Waals surface area contributed by atoms with E-state index in [0.717, 1.165) is 18.4 Å². The molecule has 1 aromatic rings. The van der Waals surface area contributed by atoms with Gasteiger partial charge in [0, 0.05) is 19.3 Å². The van der Waals surface area contributed by atoms with Crippen LogP contribution in [0.3, 0.4) is 0 Å². The molecule has 102 valence electrons. The molecule has 18 heavy (non-hydrogen) atoms. The average Bonchev–Trinajstić information content (AvgIpc) is 2.24. The summed E-state index contributed by atoms with van der Waals surface area (Å²) in [5.74, 6) is -1.10. The van der Waals surface area contributed by atoms with Gasteiger partial charge in [-0.15, -0.1) is 0 Å². The second-order valence-electron chi connectivity index (χ2n) is 3.55. The van der Waals surface area contributed by atoms with Gasteiger partial charge in [0.15, 0.2) is 9.84 Å². The van der Waals surface area contributed by atoms with E-state index in [1.54, 1.807) is 0 Å². The Labute approximate surface area is 105 Å². The van der Waals surface area contributed by atoms with Crippen LogP contribution in [0.15, 0.2) is 28.0 Å². The molecule has 0 aliphatic carbocycles. The van der Waals surface area contributed by atoms with Crippen LogP contribution in [0.2, 0.25) is 0 Å². The lowest BCUT2D eigenvalue weighted by molar-refractivity contribution is 0.561. The number of halogens is 1. The number of nitrogens with one attached hydrogen (secondary N) is 1. The molecule has 0 saturated carbocycles. The highest BCUT2D eigenvalue weighted by atomic mass is 32.2. The van der Waals surface area contributed by atoms with Gasteiger partial charge in [0.05, 0.1) is 4.90 Å². The molecular formula is C9H13FN2O4S2. The molecule has 1 rings (SSSR count). The summed E-state index contributed by atoms with van der Waals surface area (Å²) in [6.45, 7) is 0.112. The zero-order chi connectivity index (χ0) is 14.0. The highest BCUT2D eigenvalue weighted by molar-refractivity contribution is 7.90. The minimum absolute atomic E-state index is 0.0117. The molecule has 6 nitrogen and oxygen atoms in total. The molecule has 0 aliphatic heterocycles. The van der Waals surface area contributed by atoms with Gasteiger partial charge in [-0.25, -0.2) is 25.9 Å². The Kier molecular flexibility index (Phi) is 4.43. The summed E-state index contributed by atoms with van der Waals surface area (Å²) in [6.07, 6.45) is 0.840. The predicted molar refractivity (Wildman–Crippen MR) is 63.8 cm³/mol. The van der Waals surface area contributed by atoms with Crippen LogP contribution in [0.1, 0.15) is 0 Å². The van der Waals surface area contributed by atoms with Gasteiger partial charge in [0.1, 0.15) is 10.7 Å². The summed E-state index contributed by atoms with van der Waals surface area (Å²) in [5, 5.41) is 0. The van der Waals surface area contributed by atoms with E-state index < -0.39 is 30.6 Å². The number of rotatable bonds is 5. The normalized spacial score (nSPS) is 12.6. The Morgan fingerprint density at radius 2 is 1.89 bits per heavy atom. The molecule has 0 bridgehead atoms. The van der Waals surface area contributed by atoms with Gasteiger partial charge >= 0.3 is 0 Å². The van der Waals surface area contributed by atoms with Crippen LogP contribution in [0.5, 0.6) is 0 Å². The van der Waals surface area contributed by atoms with Gasteiger partial charge in [-0.1, -0.05) is 0 Å². The first-order chi connectivity index (χ1) is 8.18. The molecular weight excluding hydrogens is 283 g/mol. The van der Waals surface area contributed by atoms with Gasteiger partial charge in [0.25, 0.3) is 0 Å². The van der Waals surface area contributed by atoms with E-state index in [0.29, 0.717) is 6.07 Å². The number of benzene rings is 1. The zero-order valence-corrected chi connectivity index (χ0v) is 11.2. The Balaban J connectivity index is 3.20. The summed E-state index contributed by atoms with van der Waals surface area (Å²) in [7, 11) is -7.59. The van der Waals surface area contributed by atoms with E-state index in [2.05, 4.69) is 4.72 Å². The van der Waals surface area contributed by atoms with Crippen molar-refractivity contribution in [3.63, 3.8) is 0 Å². The molecule has 0 aliphatic rings. The highest BCUT2D eigenvalue weighted by Crippen LogP contribution is 2.18. The molecule has 0 amide bonds. The molecule has 0 atom stereocenters. The third-order valence-corrected chi connectivity index (χ3v) is 4.64. The molecule has 0 aromatic heterocycles. The smallest absolute Gasteiger partial charge is 0.240 e. The van der Waals surface area contributed by atoms with E-state index in [1.807, 2.05) is 0 Å². The van der Waals surface area contributed by atoms with Crippen LogP contribution < -0.4 is 10.5 Å². The Morgan fingerprint density at radius 1 is 1.28 bits per heavy atom. The highest BCUT2D eigenvalue weighted by Gasteiger charge is 2.19. The third-order valence-electron chi connectivity index (χ3n) is 2.05. The quantitative estimate of drug-likeness (QED) is 0.759. The van der Waals surface area contributed by atoms with Crippen LogP contribution in [-0.4, -0.2) is 36.2 Å². The molecule has 0 radical (unpaired) electrons. The van der Waals surface area contributed by atoms with Gasteiger partial charge in [0.2, 0.25) is 10.0 Å². The summed E-state index contributed by atoms with van der Waals surface area (Å²) < 4.78 is 61.2. The fraction of sp³-hybridized carbons (Fsp3) is 0.333. The molecule has 1 aromatic carbocycles. The summed E-state index contributed by atoms with van der Waals surface area (Å²) in [5.41, 5.74) is 5.14. The van der Waals surface area contributed by atoms with Crippen molar-refractivity contribution in [1.82, 2.24) is 4.72 Å². The Bertz CT molecular complexity index is 641. The fourth-order valence-corrected chi connectivity index (χ4v) is 3.01. The first-order valence-corrected chi connectivity index (χ1v) is 8.25. The lowest BCUT2D eigenvalue weighted by Gasteiger charge is -2.07. The van der Waals surface area contributed by atoms with Crippen molar-refractivity contribution in [2.24, 2.45) is 5.73 Å². The van der Waals surface area contributed by atoms with Gasteiger partial charge < -0.3 is 5.73 Å². The lowest BCUT2D eigenvalue weighted by Crippen LogP contribution is -2.29. The third kappa shape index (κ3) is 3.48. The second-order valence-corrected chi connectivity index (χ2v) is 7.30. The lowest BCUT2D eigenvalue weighted by atomic mass is 10.3.